The van der Waals surface area contributed by atoms with E-state index in [1.165, 1.54) is 58.4 Å². The van der Waals surface area contributed by atoms with Crippen molar-refractivity contribution >= 4 is 0 Å². The van der Waals surface area contributed by atoms with Gasteiger partial charge in [0.2, 0.25) is 0 Å². The van der Waals surface area contributed by atoms with Crippen LogP contribution >= 0.6 is 0 Å². The highest BCUT2D eigenvalue weighted by Gasteiger charge is 2.26. The molecule has 2 rings (SSSR count). The van der Waals surface area contributed by atoms with Crippen molar-refractivity contribution < 1.29 is 0 Å². The van der Waals surface area contributed by atoms with Gasteiger partial charge < -0.3 is 15.5 Å². The molecular weight excluding hydrogens is 210 g/mol. The van der Waals surface area contributed by atoms with Gasteiger partial charge in [-0.3, -0.25) is 0 Å². The van der Waals surface area contributed by atoms with E-state index in [9.17, 15) is 0 Å². The molecule has 2 fully saturated rings. The molecule has 2 heterocycles. The van der Waals surface area contributed by atoms with Crippen molar-refractivity contribution in [1.82, 2.24) is 9.80 Å². The van der Waals surface area contributed by atoms with Crippen LogP contribution in [-0.4, -0.2) is 54.6 Å². The lowest BCUT2D eigenvalue weighted by Crippen LogP contribution is -2.48. The van der Waals surface area contributed by atoms with Gasteiger partial charge in [0.1, 0.15) is 0 Å². The molecule has 17 heavy (non-hydrogen) atoms. The maximum atomic E-state index is 6.02. The SMILES string of the molecule is CCN1CCC(CN2CCC(N)CC2C)CC1. The summed E-state index contributed by atoms with van der Waals surface area (Å²) in [6.07, 6.45) is 5.16. The molecular formula is C14H29N3. The molecule has 2 aliphatic rings. The fourth-order valence-electron chi connectivity index (χ4n) is 3.35. The molecule has 2 saturated heterocycles. The maximum absolute atomic E-state index is 6.02. The normalized spacial score (nSPS) is 34.1. The first-order valence-electron chi connectivity index (χ1n) is 7.41. The molecule has 0 aliphatic carbocycles. The fourth-order valence-corrected chi connectivity index (χ4v) is 3.35. The smallest absolute Gasteiger partial charge is 0.00817 e. The van der Waals surface area contributed by atoms with Crippen molar-refractivity contribution in [1.29, 1.82) is 0 Å². The third-order valence-corrected chi connectivity index (χ3v) is 4.70. The monoisotopic (exact) mass is 239 g/mol. The van der Waals surface area contributed by atoms with Gasteiger partial charge in [0.05, 0.1) is 0 Å². The largest absolute Gasteiger partial charge is 0.328 e. The summed E-state index contributed by atoms with van der Waals surface area (Å²) < 4.78 is 0. The van der Waals surface area contributed by atoms with Crippen LogP contribution in [0.5, 0.6) is 0 Å². The van der Waals surface area contributed by atoms with Gasteiger partial charge >= 0.3 is 0 Å². The van der Waals surface area contributed by atoms with Gasteiger partial charge in [-0.05, 0) is 64.7 Å². The Labute approximate surface area is 106 Å². The zero-order valence-corrected chi connectivity index (χ0v) is 11.6. The van der Waals surface area contributed by atoms with E-state index in [1.54, 1.807) is 0 Å². The second kappa shape index (κ2) is 6.17. The van der Waals surface area contributed by atoms with Crippen LogP contribution < -0.4 is 5.73 Å². The molecule has 0 radical (unpaired) electrons. The van der Waals surface area contributed by atoms with Crippen LogP contribution in [0.1, 0.15) is 39.5 Å². The minimum atomic E-state index is 0.447. The molecule has 0 saturated carbocycles. The Morgan fingerprint density at radius 2 is 1.82 bits per heavy atom. The first-order chi connectivity index (χ1) is 8.19. The van der Waals surface area contributed by atoms with E-state index in [0.717, 1.165) is 5.92 Å². The molecule has 0 amide bonds. The van der Waals surface area contributed by atoms with E-state index in [4.69, 9.17) is 5.73 Å². The number of nitrogens with zero attached hydrogens (tertiary/aromatic N) is 2. The predicted molar refractivity (Wildman–Crippen MR) is 73.1 cm³/mol. The first-order valence-corrected chi connectivity index (χ1v) is 7.41. The molecule has 2 aliphatic heterocycles. The molecule has 2 atom stereocenters. The van der Waals surface area contributed by atoms with E-state index in [1.807, 2.05) is 0 Å². The summed E-state index contributed by atoms with van der Waals surface area (Å²) in [6, 6.07) is 1.14. The maximum Gasteiger partial charge on any atom is 0.00817 e. The quantitative estimate of drug-likeness (QED) is 0.811. The third kappa shape index (κ3) is 3.67. The highest BCUT2D eigenvalue weighted by Crippen LogP contribution is 2.22. The van der Waals surface area contributed by atoms with Crippen LogP contribution in [0.25, 0.3) is 0 Å². The molecule has 3 nitrogen and oxygen atoms in total. The van der Waals surface area contributed by atoms with Gasteiger partial charge in [0, 0.05) is 18.6 Å². The lowest BCUT2D eigenvalue weighted by Gasteiger charge is -2.40. The summed E-state index contributed by atoms with van der Waals surface area (Å²) in [4.78, 5) is 5.25. The van der Waals surface area contributed by atoms with Crippen molar-refractivity contribution in [2.45, 2.75) is 51.6 Å². The Balaban J connectivity index is 1.74. The second-order valence-electron chi connectivity index (χ2n) is 6.01. The number of piperidine rings is 2. The van der Waals surface area contributed by atoms with Gasteiger partial charge in [-0.25, -0.2) is 0 Å². The first kappa shape index (κ1) is 13.3. The Morgan fingerprint density at radius 1 is 1.12 bits per heavy atom. The summed E-state index contributed by atoms with van der Waals surface area (Å²) in [5.74, 6) is 0.926. The average Bonchev–Trinajstić information content (AvgIpc) is 2.34. The Morgan fingerprint density at radius 3 is 2.41 bits per heavy atom. The van der Waals surface area contributed by atoms with E-state index in [2.05, 4.69) is 23.6 Å². The van der Waals surface area contributed by atoms with E-state index >= 15 is 0 Å². The molecule has 0 aromatic carbocycles. The van der Waals surface area contributed by atoms with E-state index in [-0.39, 0.29) is 0 Å². The number of rotatable bonds is 3. The molecule has 3 heteroatoms. The van der Waals surface area contributed by atoms with Gasteiger partial charge in [-0.1, -0.05) is 6.92 Å². The van der Waals surface area contributed by atoms with Crippen LogP contribution in [0.3, 0.4) is 0 Å². The minimum Gasteiger partial charge on any atom is -0.328 e. The standard InChI is InChI=1S/C14H29N3/c1-3-16-7-4-13(5-8-16)11-17-9-6-14(15)10-12(17)2/h12-14H,3-11,15H2,1-2H3. The average molecular weight is 239 g/mol. The molecule has 2 N–H and O–H groups in total. The lowest BCUT2D eigenvalue weighted by atomic mass is 9.93. The second-order valence-corrected chi connectivity index (χ2v) is 6.01. The highest BCUT2D eigenvalue weighted by atomic mass is 15.2. The zero-order chi connectivity index (χ0) is 12.3. The van der Waals surface area contributed by atoms with Crippen LogP contribution in [0, 0.1) is 5.92 Å². The van der Waals surface area contributed by atoms with Gasteiger partial charge in [-0.15, -0.1) is 0 Å². The Kier molecular flexibility index (Phi) is 4.83. The Hall–Kier alpha value is -0.120. The minimum absolute atomic E-state index is 0.447. The fraction of sp³-hybridized carbons (Fsp3) is 1.00. The van der Waals surface area contributed by atoms with E-state index < -0.39 is 0 Å². The third-order valence-electron chi connectivity index (χ3n) is 4.70. The van der Waals surface area contributed by atoms with Crippen LogP contribution in [0.15, 0.2) is 0 Å². The number of nitrogens with two attached hydrogens (primary N) is 1. The highest BCUT2D eigenvalue weighted by molar-refractivity contribution is 4.83. The predicted octanol–water partition coefficient (Wildman–Crippen LogP) is 1.53. The topological polar surface area (TPSA) is 32.5 Å². The molecule has 100 valence electrons. The van der Waals surface area contributed by atoms with Crippen LogP contribution in [-0.2, 0) is 0 Å². The number of hydrogen-bond acceptors (Lipinski definition) is 3. The summed E-state index contributed by atoms with van der Waals surface area (Å²) >= 11 is 0. The van der Waals surface area contributed by atoms with Gasteiger partial charge in [0.15, 0.2) is 0 Å². The lowest BCUT2D eigenvalue weighted by molar-refractivity contribution is 0.0962. The van der Waals surface area contributed by atoms with Crippen molar-refractivity contribution in [2.75, 3.05) is 32.7 Å². The Bertz CT molecular complexity index is 224. The van der Waals surface area contributed by atoms with Crippen molar-refractivity contribution in [3.8, 4) is 0 Å². The van der Waals surface area contributed by atoms with Crippen molar-refractivity contribution in [3.63, 3.8) is 0 Å². The van der Waals surface area contributed by atoms with Crippen LogP contribution in [0.2, 0.25) is 0 Å². The molecule has 2 unspecified atom stereocenters. The molecule has 0 aromatic heterocycles. The summed E-state index contributed by atoms with van der Waals surface area (Å²) in [5, 5.41) is 0. The van der Waals surface area contributed by atoms with Gasteiger partial charge in [0.25, 0.3) is 0 Å². The number of likely N-dealkylation sites (tertiary alicyclic amines) is 2. The van der Waals surface area contributed by atoms with Gasteiger partial charge in [-0.2, -0.15) is 0 Å². The summed E-state index contributed by atoms with van der Waals surface area (Å²) in [7, 11) is 0. The van der Waals surface area contributed by atoms with Crippen molar-refractivity contribution in [2.24, 2.45) is 11.7 Å². The zero-order valence-electron chi connectivity index (χ0n) is 11.6. The summed E-state index contributed by atoms with van der Waals surface area (Å²) in [6.45, 7) is 11.0. The van der Waals surface area contributed by atoms with E-state index in [0.29, 0.717) is 12.1 Å². The number of hydrogen-bond donors (Lipinski definition) is 1. The van der Waals surface area contributed by atoms with Crippen molar-refractivity contribution in [3.05, 3.63) is 0 Å². The summed E-state index contributed by atoms with van der Waals surface area (Å²) in [5.41, 5.74) is 6.02. The van der Waals surface area contributed by atoms with Crippen LogP contribution in [0.4, 0.5) is 0 Å². The molecule has 0 aromatic rings. The molecule has 0 spiro atoms. The molecule has 0 bridgehead atoms.